The summed E-state index contributed by atoms with van der Waals surface area (Å²) in [6.45, 7) is 4.86. The topological polar surface area (TPSA) is 75.2 Å². The van der Waals surface area contributed by atoms with Gasteiger partial charge in [-0.2, -0.15) is 0 Å². The molecule has 0 amide bonds. The summed E-state index contributed by atoms with van der Waals surface area (Å²) < 4.78 is 25.8. The van der Waals surface area contributed by atoms with Crippen molar-refractivity contribution in [2.24, 2.45) is 0 Å². The molecular weight excluding hydrogens is 384 g/mol. The molecule has 1 aliphatic heterocycles. The van der Waals surface area contributed by atoms with Crippen molar-refractivity contribution in [1.82, 2.24) is 14.3 Å². The number of nitrogens with one attached hydrogen (secondary N) is 1. The number of pyridine rings is 2. The van der Waals surface area contributed by atoms with Crippen LogP contribution in [0.4, 0.5) is 5.69 Å². The van der Waals surface area contributed by atoms with E-state index < -0.39 is 10.0 Å². The first-order chi connectivity index (χ1) is 14.0. The second kappa shape index (κ2) is 8.08. The van der Waals surface area contributed by atoms with E-state index in [-0.39, 0.29) is 11.8 Å². The smallest absolute Gasteiger partial charge is 0.213 e. The minimum atomic E-state index is -3.11. The molecular formula is C22H26N4O2S. The monoisotopic (exact) mass is 410 g/mol. The van der Waals surface area contributed by atoms with Crippen LogP contribution in [0.25, 0.3) is 21.9 Å². The van der Waals surface area contributed by atoms with Gasteiger partial charge < -0.3 is 5.32 Å². The minimum Gasteiger partial charge on any atom is -0.382 e. The van der Waals surface area contributed by atoms with Crippen molar-refractivity contribution in [2.75, 3.05) is 24.2 Å². The first kappa shape index (κ1) is 19.8. The number of hydrogen-bond acceptors (Lipinski definition) is 5. The highest BCUT2D eigenvalue weighted by Gasteiger charge is 2.26. The average molecular weight is 411 g/mol. The van der Waals surface area contributed by atoms with Crippen LogP contribution in [0.15, 0.2) is 49.1 Å². The van der Waals surface area contributed by atoms with Crippen molar-refractivity contribution in [3.8, 4) is 11.1 Å². The molecule has 0 radical (unpaired) electrons. The molecule has 4 rings (SSSR count). The van der Waals surface area contributed by atoms with Gasteiger partial charge >= 0.3 is 0 Å². The number of hydrogen-bond donors (Lipinski definition) is 1. The lowest BCUT2D eigenvalue weighted by Gasteiger charge is -2.32. The third-order valence-corrected chi connectivity index (χ3v) is 7.42. The maximum atomic E-state index is 12.1. The fourth-order valence-electron chi connectivity index (χ4n) is 3.88. The van der Waals surface area contributed by atoms with Crippen LogP contribution < -0.4 is 5.32 Å². The number of sulfonamides is 1. The summed E-state index contributed by atoms with van der Waals surface area (Å²) in [5.41, 5.74) is 4.34. The molecule has 0 atom stereocenters. The zero-order chi connectivity index (χ0) is 20.4. The van der Waals surface area contributed by atoms with Gasteiger partial charge in [-0.1, -0.05) is 0 Å². The molecule has 1 aromatic carbocycles. The van der Waals surface area contributed by atoms with Gasteiger partial charge in [0.15, 0.2) is 0 Å². The van der Waals surface area contributed by atoms with Crippen molar-refractivity contribution in [3.05, 3.63) is 54.6 Å². The quantitative estimate of drug-likeness (QED) is 0.692. The Hall–Kier alpha value is -2.51. The van der Waals surface area contributed by atoms with E-state index in [0.717, 1.165) is 46.0 Å². The summed E-state index contributed by atoms with van der Waals surface area (Å²) in [6.07, 6.45) is 9.00. The standard InChI is InChI=1S/C22H26N4O2S/c1-3-29(27,28)26-8-5-20(6-9-26)25-22-12-18(19-10-16(2)13-24-14-19)11-17-4-7-23-15-21(17)22/h4,7,10-15,20,25H,3,5-6,8-9H2,1-2H3. The van der Waals surface area contributed by atoms with Crippen molar-refractivity contribution in [3.63, 3.8) is 0 Å². The molecule has 152 valence electrons. The first-order valence-corrected chi connectivity index (χ1v) is 11.6. The Morgan fingerprint density at radius 2 is 1.86 bits per heavy atom. The van der Waals surface area contributed by atoms with Crippen LogP contribution in [-0.2, 0) is 10.0 Å². The van der Waals surface area contributed by atoms with Crippen LogP contribution in [0.2, 0.25) is 0 Å². The summed E-state index contributed by atoms with van der Waals surface area (Å²) in [5.74, 6) is 0.161. The van der Waals surface area contributed by atoms with Gasteiger partial charge in [0.1, 0.15) is 0 Å². The summed E-state index contributed by atoms with van der Waals surface area (Å²) in [4.78, 5) is 8.63. The summed E-state index contributed by atoms with van der Waals surface area (Å²) in [6, 6.07) is 8.69. The van der Waals surface area contributed by atoms with Gasteiger partial charge in [-0.25, -0.2) is 12.7 Å². The lowest BCUT2D eigenvalue weighted by Crippen LogP contribution is -2.42. The van der Waals surface area contributed by atoms with E-state index in [1.54, 1.807) is 17.4 Å². The third-order valence-electron chi connectivity index (χ3n) is 5.54. The van der Waals surface area contributed by atoms with Crippen LogP contribution in [-0.4, -0.2) is 47.6 Å². The number of aromatic nitrogens is 2. The number of anilines is 1. The molecule has 1 saturated heterocycles. The van der Waals surface area contributed by atoms with E-state index in [2.05, 4.69) is 33.5 Å². The molecule has 29 heavy (non-hydrogen) atoms. The zero-order valence-corrected chi connectivity index (χ0v) is 17.6. The number of aryl methyl sites for hydroxylation is 1. The van der Waals surface area contributed by atoms with Crippen molar-refractivity contribution in [1.29, 1.82) is 0 Å². The van der Waals surface area contributed by atoms with Gasteiger partial charge in [-0.05, 0) is 67.5 Å². The van der Waals surface area contributed by atoms with Gasteiger partial charge in [0.2, 0.25) is 10.0 Å². The molecule has 1 N–H and O–H groups in total. The lowest BCUT2D eigenvalue weighted by molar-refractivity contribution is 0.330. The average Bonchev–Trinajstić information content (AvgIpc) is 2.74. The van der Waals surface area contributed by atoms with E-state index in [9.17, 15) is 8.42 Å². The predicted molar refractivity (Wildman–Crippen MR) is 117 cm³/mol. The van der Waals surface area contributed by atoms with Crippen LogP contribution >= 0.6 is 0 Å². The first-order valence-electron chi connectivity index (χ1n) is 10.0. The summed E-state index contributed by atoms with van der Waals surface area (Å²) >= 11 is 0. The maximum Gasteiger partial charge on any atom is 0.213 e. The molecule has 0 aliphatic carbocycles. The summed E-state index contributed by atoms with van der Waals surface area (Å²) in [7, 11) is -3.11. The molecule has 2 aromatic heterocycles. The molecule has 0 saturated carbocycles. The second-order valence-electron chi connectivity index (χ2n) is 7.59. The normalized spacial score (nSPS) is 16.2. The molecule has 0 unspecified atom stereocenters. The fourth-order valence-corrected chi connectivity index (χ4v) is 5.01. The highest BCUT2D eigenvalue weighted by molar-refractivity contribution is 7.89. The minimum absolute atomic E-state index is 0.161. The number of fused-ring (bicyclic) bond motifs is 1. The zero-order valence-electron chi connectivity index (χ0n) is 16.8. The van der Waals surface area contributed by atoms with E-state index in [1.165, 1.54) is 0 Å². The van der Waals surface area contributed by atoms with E-state index >= 15 is 0 Å². The Labute approximate surface area is 172 Å². The predicted octanol–water partition coefficient (Wildman–Crippen LogP) is 3.83. The lowest BCUT2D eigenvalue weighted by atomic mass is 9.99. The van der Waals surface area contributed by atoms with E-state index in [0.29, 0.717) is 13.1 Å². The molecule has 3 aromatic rings. The van der Waals surface area contributed by atoms with Crippen LogP contribution in [0, 0.1) is 6.92 Å². The Bertz CT molecular complexity index is 1120. The molecule has 0 spiro atoms. The molecule has 6 nitrogen and oxygen atoms in total. The fraction of sp³-hybridized carbons (Fsp3) is 0.364. The van der Waals surface area contributed by atoms with Crippen molar-refractivity contribution < 1.29 is 8.42 Å². The van der Waals surface area contributed by atoms with Crippen molar-refractivity contribution >= 4 is 26.5 Å². The molecule has 1 fully saturated rings. The van der Waals surface area contributed by atoms with Gasteiger partial charge in [0, 0.05) is 60.6 Å². The number of benzene rings is 1. The van der Waals surface area contributed by atoms with E-state index in [4.69, 9.17) is 0 Å². The van der Waals surface area contributed by atoms with Crippen LogP contribution in [0.5, 0.6) is 0 Å². The van der Waals surface area contributed by atoms with Gasteiger partial charge in [-0.3, -0.25) is 9.97 Å². The van der Waals surface area contributed by atoms with Crippen molar-refractivity contribution in [2.45, 2.75) is 32.7 Å². The number of rotatable bonds is 5. The van der Waals surface area contributed by atoms with Crippen LogP contribution in [0.1, 0.15) is 25.3 Å². The van der Waals surface area contributed by atoms with Gasteiger partial charge in [-0.15, -0.1) is 0 Å². The Morgan fingerprint density at radius 3 is 2.59 bits per heavy atom. The SMILES string of the molecule is CCS(=O)(=O)N1CCC(Nc2cc(-c3cncc(C)c3)cc3ccncc23)CC1. The Balaban J connectivity index is 1.62. The molecule has 1 aliphatic rings. The highest BCUT2D eigenvalue weighted by Crippen LogP contribution is 2.32. The molecule has 7 heteroatoms. The number of piperidine rings is 1. The van der Waals surface area contributed by atoms with Gasteiger partial charge in [0.05, 0.1) is 5.75 Å². The molecule has 3 heterocycles. The summed E-state index contributed by atoms with van der Waals surface area (Å²) in [5, 5.41) is 5.84. The van der Waals surface area contributed by atoms with E-state index in [1.807, 2.05) is 31.6 Å². The number of nitrogens with zero attached hydrogens (tertiary/aromatic N) is 3. The molecule has 0 bridgehead atoms. The largest absolute Gasteiger partial charge is 0.382 e. The highest BCUT2D eigenvalue weighted by atomic mass is 32.2. The third kappa shape index (κ3) is 4.26. The Kier molecular flexibility index (Phi) is 5.52. The van der Waals surface area contributed by atoms with Gasteiger partial charge in [0.25, 0.3) is 0 Å². The Morgan fingerprint density at radius 1 is 1.07 bits per heavy atom. The second-order valence-corrected chi connectivity index (χ2v) is 9.85. The maximum absolute atomic E-state index is 12.1. The van der Waals surface area contributed by atoms with Crippen LogP contribution in [0.3, 0.4) is 0 Å².